The summed E-state index contributed by atoms with van der Waals surface area (Å²) in [6.07, 6.45) is 2.19. The van der Waals surface area contributed by atoms with Crippen LogP contribution >= 0.6 is 0 Å². The van der Waals surface area contributed by atoms with Gasteiger partial charge in [-0.15, -0.1) is 0 Å². The number of oxime groups is 2. The Kier molecular flexibility index (Phi) is 2.90. The Morgan fingerprint density at radius 3 is 2.17 bits per heavy atom. The predicted octanol–water partition coefficient (Wildman–Crippen LogP) is 0.720. The molecule has 5 heteroatoms. The molecule has 1 heterocycles. The van der Waals surface area contributed by atoms with Crippen LogP contribution in [0.2, 0.25) is 0 Å². The first-order valence-electron chi connectivity index (χ1n) is 3.95. The second kappa shape index (κ2) is 3.94. The fourth-order valence-electron chi connectivity index (χ4n) is 1.34. The molecular formula is C7H13N3O2. The summed E-state index contributed by atoms with van der Waals surface area (Å²) in [5, 5.41) is 23.2. The van der Waals surface area contributed by atoms with Crippen LogP contribution in [0.5, 0.6) is 0 Å². The summed E-state index contributed by atoms with van der Waals surface area (Å²) in [6.45, 7) is 3.34. The number of hydrogen-bond acceptors (Lipinski definition) is 4. The van der Waals surface area contributed by atoms with Crippen LogP contribution in [0.15, 0.2) is 10.3 Å². The third-order valence-corrected chi connectivity index (χ3v) is 1.97. The molecular weight excluding hydrogens is 158 g/mol. The van der Waals surface area contributed by atoms with Gasteiger partial charge in [0, 0.05) is 13.1 Å². The van der Waals surface area contributed by atoms with Gasteiger partial charge in [-0.1, -0.05) is 10.3 Å². The molecule has 0 aromatic heterocycles. The molecule has 1 saturated heterocycles. The molecule has 0 unspecified atom stereocenters. The first kappa shape index (κ1) is 8.83. The lowest BCUT2D eigenvalue weighted by Crippen LogP contribution is -2.33. The maximum Gasteiger partial charge on any atom is 0.192 e. The molecule has 68 valence electrons. The van der Waals surface area contributed by atoms with Crippen molar-refractivity contribution in [1.82, 2.24) is 4.90 Å². The first-order chi connectivity index (χ1) is 5.79. The lowest BCUT2D eigenvalue weighted by atomic mass is 10.3. The van der Waals surface area contributed by atoms with E-state index in [1.165, 1.54) is 0 Å². The van der Waals surface area contributed by atoms with Crippen LogP contribution in [-0.2, 0) is 0 Å². The quantitative estimate of drug-likeness (QED) is 0.264. The number of amidine groups is 1. The van der Waals surface area contributed by atoms with E-state index >= 15 is 0 Å². The summed E-state index contributed by atoms with van der Waals surface area (Å²) in [7, 11) is 0. The minimum absolute atomic E-state index is 0.347. The summed E-state index contributed by atoms with van der Waals surface area (Å²) in [4.78, 5) is 1.90. The molecule has 0 aromatic rings. The molecule has 0 aliphatic carbocycles. The molecule has 0 aromatic carbocycles. The SMILES string of the molecule is CC(=N\O)/C(=N/O)N1CCCC1. The summed E-state index contributed by atoms with van der Waals surface area (Å²) in [5.41, 5.74) is 0.347. The highest BCUT2D eigenvalue weighted by Gasteiger charge is 2.18. The lowest BCUT2D eigenvalue weighted by Gasteiger charge is -2.16. The van der Waals surface area contributed by atoms with Gasteiger partial charge in [0.2, 0.25) is 0 Å². The monoisotopic (exact) mass is 171 g/mol. The first-order valence-corrected chi connectivity index (χ1v) is 3.95. The fraction of sp³-hybridized carbons (Fsp3) is 0.714. The highest BCUT2D eigenvalue weighted by Crippen LogP contribution is 2.08. The van der Waals surface area contributed by atoms with Gasteiger partial charge in [-0.2, -0.15) is 0 Å². The molecule has 1 aliphatic rings. The number of rotatable bonds is 1. The van der Waals surface area contributed by atoms with E-state index in [1.54, 1.807) is 6.92 Å². The minimum Gasteiger partial charge on any atom is -0.411 e. The van der Waals surface area contributed by atoms with Crippen LogP contribution in [0, 0.1) is 0 Å². The second-order valence-electron chi connectivity index (χ2n) is 2.80. The molecule has 12 heavy (non-hydrogen) atoms. The zero-order chi connectivity index (χ0) is 8.97. The third-order valence-electron chi connectivity index (χ3n) is 1.97. The topological polar surface area (TPSA) is 68.4 Å². The van der Waals surface area contributed by atoms with Crippen molar-refractivity contribution in [3.8, 4) is 0 Å². The van der Waals surface area contributed by atoms with Crippen LogP contribution in [0.4, 0.5) is 0 Å². The van der Waals surface area contributed by atoms with E-state index in [0.717, 1.165) is 25.9 Å². The van der Waals surface area contributed by atoms with Crippen molar-refractivity contribution in [1.29, 1.82) is 0 Å². The molecule has 0 saturated carbocycles. The van der Waals surface area contributed by atoms with Crippen LogP contribution < -0.4 is 0 Å². The Balaban J connectivity index is 2.68. The normalized spacial score (nSPS) is 20.2. The number of nitrogens with zero attached hydrogens (tertiary/aromatic N) is 3. The molecule has 0 bridgehead atoms. The van der Waals surface area contributed by atoms with E-state index in [1.807, 2.05) is 4.90 Å². The van der Waals surface area contributed by atoms with Gasteiger partial charge in [0.05, 0.1) is 0 Å². The van der Waals surface area contributed by atoms with Crippen molar-refractivity contribution in [2.45, 2.75) is 19.8 Å². The Morgan fingerprint density at radius 1 is 1.17 bits per heavy atom. The molecule has 0 spiro atoms. The van der Waals surface area contributed by atoms with E-state index in [9.17, 15) is 0 Å². The third kappa shape index (κ3) is 1.66. The van der Waals surface area contributed by atoms with Gasteiger partial charge in [0.15, 0.2) is 5.84 Å². The van der Waals surface area contributed by atoms with E-state index in [4.69, 9.17) is 10.4 Å². The van der Waals surface area contributed by atoms with Crippen LogP contribution in [-0.4, -0.2) is 40.0 Å². The van der Waals surface area contributed by atoms with Crippen molar-refractivity contribution in [3.05, 3.63) is 0 Å². The largest absolute Gasteiger partial charge is 0.411 e. The molecule has 0 radical (unpaired) electrons. The van der Waals surface area contributed by atoms with Crippen molar-refractivity contribution >= 4 is 11.5 Å². The number of hydrogen-bond donors (Lipinski definition) is 2. The van der Waals surface area contributed by atoms with Gasteiger partial charge in [-0.25, -0.2) is 0 Å². The van der Waals surface area contributed by atoms with E-state index in [-0.39, 0.29) is 0 Å². The van der Waals surface area contributed by atoms with E-state index in [0.29, 0.717) is 11.5 Å². The number of likely N-dealkylation sites (tertiary alicyclic amines) is 1. The fourth-order valence-corrected chi connectivity index (χ4v) is 1.34. The highest BCUT2D eigenvalue weighted by atomic mass is 16.4. The molecule has 1 aliphatic heterocycles. The molecule has 1 rings (SSSR count). The molecule has 5 nitrogen and oxygen atoms in total. The maximum absolute atomic E-state index is 8.64. The van der Waals surface area contributed by atoms with Crippen molar-refractivity contribution in [2.24, 2.45) is 10.3 Å². The van der Waals surface area contributed by atoms with Crippen molar-refractivity contribution in [3.63, 3.8) is 0 Å². The van der Waals surface area contributed by atoms with Crippen LogP contribution in [0.1, 0.15) is 19.8 Å². The second-order valence-corrected chi connectivity index (χ2v) is 2.80. The van der Waals surface area contributed by atoms with Crippen LogP contribution in [0.3, 0.4) is 0 Å². The lowest BCUT2D eigenvalue weighted by molar-refractivity contribution is 0.304. The smallest absolute Gasteiger partial charge is 0.192 e. The summed E-state index contributed by atoms with van der Waals surface area (Å²) in [6, 6.07) is 0. The zero-order valence-corrected chi connectivity index (χ0v) is 7.06. The summed E-state index contributed by atoms with van der Waals surface area (Å²) in [5.74, 6) is 0.370. The average Bonchev–Trinajstić information content (AvgIpc) is 2.58. The van der Waals surface area contributed by atoms with Crippen molar-refractivity contribution in [2.75, 3.05) is 13.1 Å². The Morgan fingerprint density at radius 2 is 1.75 bits per heavy atom. The van der Waals surface area contributed by atoms with Gasteiger partial charge in [0.25, 0.3) is 0 Å². The molecule has 2 N–H and O–H groups in total. The molecule has 0 atom stereocenters. The van der Waals surface area contributed by atoms with E-state index < -0.39 is 0 Å². The van der Waals surface area contributed by atoms with Gasteiger partial charge in [-0.05, 0) is 19.8 Å². The van der Waals surface area contributed by atoms with Gasteiger partial charge < -0.3 is 15.3 Å². The predicted molar refractivity (Wildman–Crippen MR) is 44.9 cm³/mol. The standard InChI is InChI=1S/C7H13N3O2/c1-6(8-11)7(9-12)10-4-2-3-5-10/h11-12H,2-5H2,1H3/b8-6+,9-7-. The van der Waals surface area contributed by atoms with Crippen molar-refractivity contribution < 1.29 is 10.4 Å². The summed E-state index contributed by atoms with van der Waals surface area (Å²) >= 11 is 0. The highest BCUT2D eigenvalue weighted by molar-refractivity contribution is 6.40. The zero-order valence-electron chi connectivity index (χ0n) is 7.06. The Labute approximate surface area is 71.0 Å². The molecule has 1 fully saturated rings. The van der Waals surface area contributed by atoms with Crippen LogP contribution in [0.25, 0.3) is 0 Å². The van der Waals surface area contributed by atoms with Gasteiger partial charge >= 0.3 is 0 Å². The van der Waals surface area contributed by atoms with Gasteiger partial charge in [0.1, 0.15) is 5.71 Å². The maximum atomic E-state index is 8.64. The van der Waals surface area contributed by atoms with Gasteiger partial charge in [-0.3, -0.25) is 0 Å². The summed E-state index contributed by atoms with van der Waals surface area (Å²) < 4.78 is 0. The molecule has 0 amide bonds. The van der Waals surface area contributed by atoms with E-state index in [2.05, 4.69) is 10.3 Å². The average molecular weight is 171 g/mol. The minimum atomic E-state index is 0.347. The Hall–Kier alpha value is -1.26. The Bertz CT molecular complexity index is 207.